The van der Waals surface area contributed by atoms with Gasteiger partial charge in [-0.15, -0.1) is 0 Å². The Bertz CT molecular complexity index is 353. The van der Waals surface area contributed by atoms with Crippen LogP contribution in [0.15, 0.2) is 24.5 Å². The molecule has 1 aliphatic heterocycles. The smallest absolute Gasteiger partial charge is 0.328 e. The van der Waals surface area contributed by atoms with E-state index >= 15 is 0 Å². The summed E-state index contributed by atoms with van der Waals surface area (Å²) < 4.78 is 4.84. The molecule has 1 aromatic heterocycles. The summed E-state index contributed by atoms with van der Waals surface area (Å²) >= 11 is 0. The van der Waals surface area contributed by atoms with E-state index in [-0.39, 0.29) is 12.0 Å². The van der Waals surface area contributed by atoms with Gasteiger partial charge in [0.1, 0.15) is 6.04 Å². The predicted molar refractivity (Wildman–Crippen MR) is 61.2 cm³/mol. The standard InChI is InChI=1S/C12H16N2O2/c1-16-12(15)11-6-2-3-8-14(11)10-5-4-7-13-9-10/h4-5,7,9,11H,2-3,6,8H2,1H3. The summed E-state index contributed by atoms with van der Waals surface area (Å²) in [5.41, 5.74) is 0.998. The van der Waals surface area contributed by atoms with E-state index in [4.69, 9.17) is 4.74 Å². The van der Waals surface area contributed by atoms with Crippen molar-refractivity contribution in [2.45, 2.75) is 25.3 Å². The Balaban J connectivity index is 2.20. The molecule has 0 spiro atoms. The minimum atomic E-state index is -0.150. The van der Waals surface area contributed by atoms with E-state index in [1.807, 2.05) is 12.1 Å². The number of pyridine rings is 1. The fourth-order valence-electron chi connectivity index (χ4n) is 2.15. The Morgan fingerprint density at radius 1 is 1.56 bits per heavy atom. The zero-order valence-corrected chi connectivity index (χ0v) is 9.43. The van der Waals surface area contributed by atoms with E-state index < -0.39 is 0 Å². The van der Waals surface area contributed by atoms with E-state index in [1.54, 1.807) is 12.4 Å². The number of methoxy groups -OCH3 is 1. The van der Waals surface area contributed by atoms with Crippen LogP contribution in [0.4, 0.5) is 5.69 Å². The molecule has 4 nitrogen and oxygen atoms in total. The van der Waals surface area contributed by atoms with Gasteiger partial charge in [0.05, 0.1) is 19.0 Å². The fourth-order valence-corrected chi connectivity index (χ4v) is 2.15. The summed E-state index contributed by atoms with van der Waals surface area (Å²) in [5.74, 6) is -0.149. The highest BCUT2D eigenvalue weighted by Crippen LogP contribution is 2.24. The molecule has 0 aromatic carbocycles. The highest BCUT2D eigenvalue weighted by Gasteiger charge is 2.29. The largest absolute Gasteiger partial charge is 0.467 e. The van der Waals surface area contributed by atoms with Crippen molar-refractivity contribution < 1.29 is 9.53 Å². The number of rotatable bonds is 2. The molecule has 4 heteroatoms. The third kappa shape index (κ3) is 2.15. The summed E-state index contributed by atoms with van der Waals surface area (Å²) in [6, 6.07) is 3.72. The van der Waals surface area contributed by atoms with Gasteiger partial charge in [0, 0.05) is 12.7 Å². The minimum absolute atomic E-state index is 0.149. The third-order valence-corrected chi connectivity index (χ3v) is 2.95. The van der Waals surface area contributed by atoms with Crippen LogP contribution in [0.5, 0.6) is 0 Å². The van der Waals surface area contributed by atoms with Crippen LogP contribution in [0.1, 0.15) is 19.3 Å². The van der Waals surface area contributed by atoms with Gasteiger partial charge in [-0.1, -0.05) is 0 Å². The van der Waals surface area contributed by atoms with E-state index in [1.165, 1.54) is 7.11 Å². The zero-order valence-electron chi connectivity index (χ0n) is 9.43. The van der Waals surface area contributed by atoms with Crippen LogP contribution in [0.2, 0.25) is 0 Å². The van der Waals surface area contributed by atoms with Crippen molar-refractivity contribution in [2.24, 2.45) is 0 Å². The maximum Gasteiger partial charge on any atom is 0.328 e. The number of nitrogens with zero attached hydrogens (tertiary/aromatic N) is 2. The first-order chi connectivity index (χ1) is 7.83. The molecule has 86 valence electrons. The van der Waals surface area contributed by atoms with Gasteiger partial charge >= 0.3 is 5.97 Å². The first-order valence-corrected chi connectivity index (χ1v) is 5.57. The number of aromatic nitrogens is 1. The topological polar surface area (TPSA) is 42.4 Å². The normalized spacial score (nSPS) is 20.6. The highest BCUT2D eigenvalue weighted by atomic mass is 16.5. The van der Waals surface area contributed by atoms with Crippen LogP contribution >= 0.6 is 0 Å². The minimum Gasteiger partial charge on any atom is -0.467 e. The molecule has 2 rings (SSSR count). The van der Waals surface area contributed by atoms with Gasteiger partial charge in [0.15, 0.2) is 0 Å². The molecule has 0 radical (unpaired) electrons. The fraction of sp³-hybridized carbons (Fsp3) is 0.500. The Morgan fingerprint density at radius 2 is 2.44 bits per heavy atom. The summed E-state index contributed by atoms with van der Waals surface area (Å²) in [7, 11) is 1.44. The van der Waals surface area contributed by atoms with Gasteiger partial charge in [0.25, 0.3) is 0 Å². The Hall–Kier alpha value is -1.58. The summed E-state index contributed by atoms with van der Waals surface area (Å²) in [5, 5.41) is 0. The van der Waals surface area contributed by atoms with Crippen molar-refractivity contribution in [3.8, 4) is 0 Å². The molecule has 1 saturated heterocycles. The number of anilines is 1. The predicted octanol–water partition coefficient (Wildman–Crippen LogP) is 1.61. The van der Waals surface area contributed by atoms with Crippen LogP contribution in [-0.2, 0) is 9.53 Å². The molecule has 1 aromatic rings. The number of esters is 1. The molecular formula is C12H16N2O2. The molecule has 16 heavy (non-hydrogen) atoms. The molecule has 0 aliphatic carbocycles. The van der Waals surface area contributed by atoms with Crippen molar-refractivity contribution in [3.63, 3.8) is 0 Å². The quantitative estimate of drug-likeness (QED) is 0.710. The SMILES string of the molecule is COC(=O)C1CCCCN1c1cccnc1. The molecule has 2 heterocycles. The van der Waals surface area contributed by atoms with E-state index in [2.05, 4.69) is 9.88 Å². The Labute approximate surface area is 95.2 Å². The monoisotopic (exact) mass is 220 g/mol. The maximum atomic E-state index is 11.7. The first-order valence-electron chi connectivity index (χ1n) is 5.57. The van der Waals surface area contributed by atoms with Gasteiger partial charge < -0.3 is 9.64 Å². The number of carbonyl (C=O) groups excluding carboxylic acids is 1. The summed E-state index contributed by atoms with van der Waals surface area (Å²) in [4.78, 5) is 17.8. The molecule has 1 atom stereocenters. The summed E-state index contributed by atoms with van der Waals surface area (Å²) in [6.45, 7) is 0.894. The van der Waals surface area contributed by atoms with Crippen LogP contribution in [0, 0.1) is 0 Å². The van der Waals surface area contributed by atoms with E-state index in [0.717, 1.165) is 31.5 Å². The zero-order chi connectivity index (χ0) is 11.4. The van der Waals surface area contributed by atoms with Gasteiger partial charge in [-0.3, -0.25) is 4.98 Å². The Morgan fingerprint density at radius 3 is 3.12 bits per heavy atom. The lowest BCUT2D eigenvalue weighted by Gasteiger charge is -2.35. The molecule has 0 N–H and O–H groups in total. The molecule has 1 aliphatic rings. The van der Waals surface area contributed by atoms with Crippen molar-refractivity contribution in [1.82, 2.24) is 4.98 Å². The van der Waals surface area contributed by atoms with Crippen LogP contribution in [0.3, 0.4) is 0 Å². The van der Waals surface area contributed by atoms with Gasteiger partial charge in [0.2, 0.25) is 0 Å². The number of carbonyl (C=O) groups is 1. The van der Waals surface area contributed by atoms with E-state index in [0.29, 0.717) is 0 Å². The molecule has 1 fully saturated rings. The van der Waals surface area contributed by atoms with E-state index in [9.17, 15) is 4.79 Å². The molecule has 0 bridgehead atoms. The average Bonchev–Trinajstić information content (AvgIpc) is 2.39. The lowest BCUT2D eigenvalue weighted by atomic mass is 10.0. The second-order valence-corrected chi connectivity index (χ2v) is 3.94. The van der Waals surface area contributed by atoms with Gasteiger partial charge in [-0.25, -0.2) is 4.79 Å². The second-order valence-electron chi connectivity index (χ2n) is 3.94. The number of hydrogen-bond acceptors (Lipinski definition) is 4. The van der Waals surface area contributed by atoms with Gasteiger partial charge in [-0.05, 0) is 31.4 Å². The maximum absolute atomic E-state index is 11.7. The average molecular weight is 220 g/mol. The van der Waals surface area contributed by atoms with Crippen molar-refractivity contribution in [3.05, 3.63) is 24.5 Å². The molecule has 0 amide bonds. The van der Waals surface area contributed by atoms with Crippen LogP contribution < -0.4 is 4.90 Å². The third-order valence-electron chi connectivity index (χ3n) is 2.95. The van der Waals surface area contributed by atoms with Crippen molar-refractivity contribution >= 4 is 11.7 Å². The Kier molecular flexibility index (Phi) is 3.39. The molecular weight excluding hydrogens is 204 g/mol. The van der Waals surface area contributed by atoms with Crippen LogP contribution in [-0.4, -0.2) is 30.6 Å². The molecule has 0 saturated carbocycles. The number of piperidine rings is 1. The first kappa shape index (κ1) is 10.9. The summed E-state index contributed by atoms with van der Waals surface area (Å²) in [6.07, 6.45) is 6.59. The van der Waals surface area contributed by atoms with Gasteiger partial charge in [-0.2, -0.15) is 0 Å². The lowest BCUT2D eigenvalue weighted by molar-refractivity contribution is -0.142. The van der Waals surface area contributed by atoms with Crippen molar-refractivity contribution in [2.75, 3.05) is 18.6 Å². The van der Waals surface area contributed by atoms with Crippen molar-refractivity contribution in [1.29, 1.82) is 0 Å². The second kappa shape index (κ2) is 4.96. The molecule has 1 unspecified atom stereocenters. The number of ether oxygens (including phenoxy) is 1. The highest BCUT2D eigenvalue weighted by molar-refractivity contribution is 5.80. The van der Waals surface area contributed by atoms with Crippen LogP contribution in [0.25, 0.3) is 0 Å². The lowest BCUT2D eigenvalue weighted by Crippen LogP contribution is -2.45. The number of hydrogen-bond donors (Lipinski definition) is 0.